The summed E-state index contributed by atoms with van der Waals surface area (Å²) in [5.41, 5.74) is 6.65. The van der Waals surface area contributed by atoms with E-state index in [1.807, 2.05) is 6.07 Å². The van der Waals surface area contributed by atoms with Crippen molar-refractivity contribution in [3.8, 4) is 11.1 Å². The van der Waals surface area contributed by atoms with E-state index >= 15 is 0 Å². The van der Waals surface area contributed by atoms with Crippen LogP contribution in [0.5, 0.6) is 0 Å². The molecule has 0 aromatic heterocycles. The summed E-state index contributed by atoms with van der Waals surface area (Å²) in [6, 6.07) is 13.0. The van der Waals surface area contributed by atoms with Crippen molar-refractivity contribution < 1.29 is 0 Å². The number of hydrogen-bond acceptors (Lipinski definition) is 1. The van der Waals surface area contributed by atoms with Crippen molar-refractivity contribution >= 4 is 11.6 Å². The largest absolute Gasteiger partial charge is 0.313 e. The maximum Gasteiger partial charge on any atom is 0.0412 e. The van der Waals surface area contributed by atoms with E-state index in [9.17, 15) is 0 Å². The highest BCUT2D eigenvalue weighted by Crippen LogP contribution is 2.31. The van der Waals surface area contributed by atoms with Gasteiger partial charge in [-0.1, -0.05) is 56.6 Å². The molecule has 0 atom stereocenters. The van der Waals surface area contributed by atoms with Crippen molar-refractivity contribution in [1.82, 2.24) is 5.32 Å². The molecule has 0 aliphatic heterocycles. The first-order chi connectivity index (χ1) is 10.2. The minimum atomic E-state index is 0.800. The van der Waals surface area contributed by atoms with Gasteiger partial charge in [0, 0.05) is 11.6 Å². The third-order valence-corrected chi connectivity index (χ3v) is 4.13. The van der Waals surface area contributed by atoms with Gasteiger partial charge in [-0.25, -0.2) is 0 Å². The van der Waals surface area contributed by atoms with Crippen LogP contribution in [-0.2, 0) is 19.4 Å². The monoisotopic (exact) mass is 301 g/mol. The van der Waals surface area contributed by atoms with Crippen LogP contribution >= 0.6 is 11.6 Å². The van der Waals surface area contributed by atoms with Gasteiger partial charge in [-0.05, 0) is 59.3 Å². The van der Waals surface area contributed by atoms with Crippen LogP contribution in [0.3, 0.4) is 0 Å². The van der Waals surface area contributed by atoms with Gasteiger partial charge in [-0.3, -0.25) is 0 Å². The predicted octanol–water partition coefficient (Wildman–Crippen LogP) is 5.24. The molecule has 2 heteroatoms. The van der Waals surface area contributed by atoms with E-state index in [2.05, 4.69) is 56.4 Å². The number of halogens is 1. The summed E-state index contributed by atoms with van der Waals surface area (Å²) in [7, 11) is 0. The molecular formula is C19H24ClN. The maximum absolute atomic E-state index is 6.25. The molecule has 0 aliphatic rings. The van der Waals surface area contributed by atoms with Crippen molar-refractivity contribution in [3.63, 3.8) is 0 Å². The Labute approximate surface area is 133 Å². The van der Waals surface area contributed by atoms with E-state index in [0.717, 1.165) is 31.0 Å². The fourth-order valence-corrected chi connectivity index (χ4v) is 2.79. The fraction of sp³-hybridized carbons (Fsp3) is 0.368. The lowest BCUT2D eigenvalue weighted by Gasteiger charge is -2.15. The minimum absolute atomic E-state index is 0.800. The van der Waals surface area contributed by atoms with Crippen molar-refractivity contribution in [2.75, 3.05) is 6.54 Å². The highest BCUT2D eigenvalue weighted by molar-refractivity contribution is 6.30. The molecule has 0 bridgehead atoms. The Hall–Kier alpha value is -1.31. The van der Waals surface area contributed by atoms with Crippen molar-refractivity contribution in [2.24, 2.45) is 0 Å². The van der Waals surface area contributed by atoms with Crippen LogP contribution in [0.15, 0.2) is 36.4 Å². The van der Waals surface area contributed by atoms with Gasteiger partial charge in [-0.15, -0.1) is 0 Å². The Balaban J connectivity index is 2.55. The Morgan fingerprint density at radius 2 is 1.57 bits per heavy atom. The van der Waals surface area contributed by atoms with Gasteiger partial charge in [0.05, 0.1) is 0 Å². The number of nitrogens with one attached hydrogen (secondary N) is 1. The quantitative estimate of drug-likeness (QED) is 0.769. The van der Waals surface area contributed by atoms with Crippen LogP contribution in [0, 0.1) is 0 Å². The van der Waals surface area contributed by atoms with Crippen LogP contribution in [0.25, 0.3) is 11.1 Å². The van der Waals surface area contributed by atoms with Gasteiger partial charge < -0.3 is 5.32 Å². The van der Waals surface area contributed by atoms with Crippen molar-refractivity contribution in [2.45, 2.75) is 40.2 Å². The molecule has 1 N–H and O–H groups in total. The van der Waals surface area contributed by atoms with Gasteiger partial charge in [0.15, 0.2) is 0 Å². The minimum Gasteiger partial charge on any atom is -0.313 e. The summed E-state index contributed by atoms with van der Waals surface area (Å²) in [6.07, 6.45) is 2.09. The molecule has 112 valence electrons. The van der Waals surface area contributed by atoms with E-state index in [1.165, 1.54) is 27.8 Å². The van der Waals surface area contributed by atoms with E-state index in [0.29, 0.717) is 0 Å². The van der Waals surface area contributed by atoms with Crippen LogP contribution in [0.1, 0.15) is 37.5 Å². The molecular weight excluding hydrogens is 278 g/mol. The summed E-state index contributed by atoms with van der Waals surface area (Å²) in [5.74, 6) is 0. The molecule has 2 rings (SSSR count). The number of aryl methyl sites for hydroxylation is 2. The Morgan fingerprint density at radius 1 is 0.857 bits per heavy atom. The number of rotatable bonds is 6. The standard InChI is InChI=1S/C19H24ClN/c1-4-14-7-8-15(5-2)18(11-14)19-12-17(20)10-9-16(19)13-21-6-3/h7-12,21H,4-6,13H2,1-3H3. The molecule has 0 saturated carbocycles. The van der Waals surface area contributed by atoms with Crippen LogP contribution in [-0.4, -0.2) is 6.54 Å². The highest BCUT2D eigenvalue weighted by atomic mass is 35.5. The van der Waals surface area contributed by atoms with Gasteiger partial charge >= 0.3 is 0 Å². The molecule has 0 fully saturated rings. The lowest BCUT2D eigenvalue weighted by Crippen LogP contribution is -2.12. The predicted molar refractivity (Wildman–Crippen MR) is 93.0 cm³/mol. The lowest BCUT2D eigenvalue weighted by molar-refractivity contribution is 0.728. The van der Waals surface area contributed by atoms with E-state index in [-0.39, 0.29) is 0 Å². The summed E-state index contributed by atoms with van der Waals surface area (Å²) in [5, 5.41) is 4.22. The molecule has 0 unspecified atom stereocenters. The maximum atomic E-state index is 6.25. The number of benzene rings is 2. The molecule has 0 amide bonds. The molecule has 2 aromatic rings. The first kappa shape index (κ1) is 16.1. The summed E-state index contributed by atoms with van der Waals surface area (Å²) in [6.45, 7) is 8.38. The van der Waals surface area contributed by atoms with Crippen molar-refractivity contribution in [3.05, 3.63) is 58.1 Å². The highest BCUT2D eigenvalue weighted by Gasteiger charge is 2.10. The zero-order chi connectivity index (χ0) is 15.2. The second-order valence-corrected chi connectivity index (χ2v) is 5.72. The summed E-state index contributed by atoms with van der Waals surface area (Å²) >= 11 is 6.25. The third kappa shape index (κ3) is 3.87. The topological polar surface area (TPSA) is 12.0 Å². The first-order valence-electron chi connectivity index (χ1n) is 7.80. The van der Waals surface area contributed by atoms with Crippen LogP contribution < -0.4 is 5.32 Å². The second kappa shape index (κ2) is 7.63. The fourth-order valence-electron chi connectivity index (χ4n) is 2.62. The van der Waals surface area contributed by atoms with E-state index in [1.54, 1.807) is 0 Å². The molecule has 0 heterocycles. The molecule has 0 saturated heterocycles. The second-order valence-electron chi connectivity index (χ2n) is 5.28. The van der Waals surface area contributed by atoms with E-state index < -0.39 is 0 Å². The van der Waals surface area contributed by atoms with Crippen LogP contribution in [0.4, 0.5) is 0 Å². The average Bonchev–Trinajstić information content (AvgIpc) is 2.53. The first-order valence-corrected chi connectivity index (χ1v) is 8.18. The molecule has 0 aliphatic carbocycles. The number of hydrogen-bond donors (Lipinski definition) is 1. The third-order valence-electron chi connectivity index (χ3n) is 3.89. The Morgan fingerprint density at radius 3 is 2.24 bits per heavy atom. The molecule has 0 radical (unpaired) electrons. The molecule has 2 aromatic carbocycles. The van der Waals surface area contributed by atoms with Crippen molar-refractivity contribution in [1.29, 1.82) is 0 Å². The smallest absolute Gasteiger partial charge is 0.0412 e. The zero-order valence-electron chi connectivity index (χ0n) is 13.2. The molecule has 21 heavy (non-hydrogen) atoms. The van der Waals surface area contributed by atoms with Crippen LogP contribution in [0.2, 0.25) is 5.02 Å². The van der Waals surface area contributed by atoms with Gasteiger partial charge in [-0.2, -0.15) is 0 Å². The van der Waals surface area contributed by atoms with Gasteiger partial charge in [0.2, 0.25) is 0 Å². The molecule has 0 spiro atoms. The normalized spacial score (nSPS) is 10.9. The van der Waals surface area contributed by atoms with Gasteiger partial charge in [0.1, 0.15) is 0 Å². The van der Waals surface area contributed by atoms with E-state index in [4.69, 9.17) is 11.6 Å². The SMILES string of the molecule is CCNCc1ccc(Cl)cc1-c1cc(CC)ccc1CC. The Bertz CT molecular complexity index is 605. The lowest BCUT2D eigenvalue weighted by atomic mass is 9.92. The summed E-state index contributed by atoms with van der Waals surface area (Å²) < 4.78 is 0. The zero-order valence-corrected chi connectivity index (χ0v) is 13.9. The summed E-state index contributed by atoms with van der Waals surface area (Å²) in [4.78, 5) is 0. The molecule has 1 nitrogen and oxygen atoms in total. The van der Waals surface area contributed by atoms with Gasteiger partial charge in [0.25, 0.3) is 0 Å². The Kier molecular flexibility index (Phi) is 5.84. The average molecular weight is 302 g/mol.